The first-order chi connectivity index (χ1) is 8.08. The Morgan fingerprint density at radius 2 is 2.12 bits per heavy atom. The summed E-state index contributed by atoms with van der Waals surface area (Å²) >= 11 is 0. The molecular formula is C12H15NO4. The average Bonchev–Trinajstić information content (AvgIpc) is 2.29. The van der Waals surface area contributed by atoms with E-state index in [1.165, 1.54) is 7.11 Å². The van der Waals surface area contributed by atoms with Gasteiger partial charge in [-0.05, 0) is 32.0 Å². The lowest BCUT2D eigenvalue weighted by Crippen LogP contribution is -2.08. The molecule has 1 aromatic rings. The summed E-state index contributed by atoms with van der Waals surface area (Å²) in [5.74, 6) is 0.637. The minimum atomic E-state index is -0.401. The Bertz CT molecular complexity index is 427. The van der Waals surface area contributed by atoms with Crippen LogP contribution >= 0.6 is 0 Å². The standard InChI is InChI=1S/C12H15NO4/c1-8(2)17-11-5-4-9(6-12(11)16-3)10(14)7-13-15/h4-8,15H,1-3H3. The van der Waals surface area contributed by atoms with Gasteiger partial charge >= 0.3 is 0 Å². The van der Waals surface area contributed by atoms with Crippen molar-refractivity contribution >= 4 is 12.0 Å². The van der Waals surface area contributed by atoms with Crippen LogP contribution in [0.2, 0.25) is 0 Å². The van der Waals surface area contributed by atoms with Crippen LogP contribution < -0.4 is 9.47 Å². The van der Waals surface area contributed by atoms with Crippen molar-refractivity contribution < 1.29 is 19.5 Å². The van der Waals surface area contributed by atoms with E-state index in [-0.39, 0.29) is 6.10 Å². The summed E-state index contributed by atoms with van der Waals surface area (Å²) in [4.78, 5) is 11.4. The Balaban J connectivity index is 3.03. The number of hydrogen-bond acceptors (Lipinski definition) is 5. The van der Waals surface area contributed by atoms with E-state index in [9.17, 15) is 4.79 Å². The molecule has 0 aliphatic carbocycles. The van der Waals surface area contributed by atoms with Gasteiger partial charge in [0, 0.05) is 5.56 Å². The number of carbonyl (C=O) groups is 1. The molecule has 0 aliphatic rings. The molecule has 0 saturated heterocycles. The van der Waals surface area contributed by atoms with Crippen molar-refractivity contribution in [3.8, 4) is 11.5 Å². The predicted octanol–water partition coefficient (Wildman–Crippen LogP) is 2.13. The predicted molar refractivity (Wildman–Crippen MR) is 63.4 cm³/mol. The molecule has 1 N–H and O–H groups in total. The van der Waals surface area contributed by atoms with Crippen molar-refractivity contribution in [2.24, 2.45) is 5.16 Å². The average molecular weight is 237 g/mol. The zero-order valence-electron chi connectivity index (χ0n) is 10.0. The zero-order valence-corrected chi connectivity index (χ0v) is 10.0. The summed E-state index contributed by atoms with van der Waals surface area (Å²) in [6, 6.07) is 4.78. The van der Waals surface area contributed by atoms with Gasteiger partial charge in [-0.1, -0.05) is 5.16 Å². The minimum Gasteiger partial charge on any atom is -0.493 e. The molecule has 0 saturated carbocycles. The van der Waals surface area contributed by atoms with Crippen LogP contribution in [0.1, 0.15) is 24.2 Å². The molecular weight excluding hydrogens is 222 g/mol. The lowest BCUT2D eigenvalue weighted by atomic mass is 10.1. The number of carbonyl (C=O) groups excluding carboxylic acids is 1. The molecule has 0 fully saturated rings. The highest BCUT2D eigenvalue weighted by atomic mass is 16.5. The Morgan fingerprint density at radius 1 is 1.41 bits per heavy atom. The molecule has 0 aliphatic heterocycles. The van der Waals surface area contributed by atoms with Crippen LogP contribution in [0.15, 0.2) is 23.4 Å². The zero-order chi connectivity index (χ0) is 12.8. The van der Waals surface area contributed by atoms with E-state index in [1.807, 2.05) is 13.8 Å². The highest BCUT2D eigenvalue weighted by molar-refractivity contribution is 6.35. The highest BCUT2D eigenvalue weighted by Crippen LogP contribution is 2.28. The fraction of sp³-hybridized carbons (Fsp3) is 0.333. The van der Waals surface area contributed by atoms with Gasteiger partial charge in [0.05, 0.1) is 13.2 Å². The second-order valence-corrected chi connectivity index (χ2v) is 3.64. The quantitative estimate of drug-likeness (QED) is 0.368. The van der Waals surface area contributed by atoms with Crippen LogP contribution in [-0.2, 0) is 0 Å². The maximum absolute atomic E-state index is 11.4. The molecule has 0 amide bonds. The summed E-state index contributed by atoms with van der Waals surface area (Å²) in [5, 5.41) is 11.0. The molecule has 0 radical (unpaired) electrons. The molecule has 0 bridgehead atoms. The van der Waals surface area contributed by atoms with Gasteiger partial charge in [-0.3, -0.25) is 4.79 Å². The molecule has 0 spiro atoms. The van der Waals surface area contributed by atoms with Crippen molar-refractivity contribution in [1.82, 2.24) is 0 Å². The van der Waals surface area contributed by atoms with Gasteiger partial charge in [0.15, 0.2) is 11.5 Å². The molecule has 0 heterocycles. The Kier molecular flexibility index (Phi) is 4.51. The molecule has 0 atom stereocenters. The number of ketones is 1. The van der Waals surface area contributed by atoms with Crippen LogP contribution in [0, 0.1) is 0 Å². The third-order valence-corrected chi connectivity index (χ3v) is 1.99. The highest BCUT2D eigenvalue weighted by Gasteiger charge is 2.10. The van der Waals surface area contributed by atoms with Crippen LogP contribution in [0.3, 0.4) is 0 Å². The van der Waals surface area contributed by atoms with E-state index in [4.69, 9.17) is 14.7 Å². The fourth-order valence-corrected chi connectivity index (χ4v) is 1.30. The monoisotopic (exact) mass is 237 g/mol. The van der Waals surface area contributed by atoms with E-state index in [0.29, 0.717) is 17.1 Å². The van der Waals surface area contributed by atoms with E-state index < -0.39 is 5.78 Å². The summed E-state index contributed by atoms with van der Waals surface area (Å²) in [7, 11) is 1.50. The number of methoxy groups -OCH3 is 1. The van der Waals surface area contributed by atoms with E-state index in [1.54, 1.807) is 18.2 Å². The SMILES string of the molecule is COc1cc(C(=O)C=NO)ccc1OC(C)C. The lowest BCUT2D eigenvalue weighted by Gasteiger charge is -2.13. The summed E-state index contributed by atoms with van der Waals surface area (Å²) in [5.41, 5.74) is 0.371. The van der Waals surface area contributed by atoms with Crippen LogP contribution in [-0.4, -0.2) is 30.4 Å². The first kappa shape index (κ1) is 13.0. The van der Waals surface area contributed by atoms with Crippen molar-refractivity contribution in [3.63, 3.8) is 0 Å². The number of oxime groups is 1. The second-order valence-electron chi connectivity index (χ2n) is 3.64. The van der Waals surface area contributed by atoms with E-state index in [0.717, 1.165) is 6.21 Å². The normalized spacial score (nSPS) is 10.8. The molecule has 5 heteroatoms. The van der Waals surface area contributed by atoms with Crippen LogP contribution in [0.25, 0.3) is 0 Å². The second kappa shape index (κ2) is 5.89. The third-order valence-electron chi connectivity index (χ3n) is 1.99. The number of benzene rings is 1. The van der Waals surface area contributed by atoms with Gasteiger partial charge in [0.25, 0.3) is 0 Å². The Hall–Kier alpha value is -2.04. The minimum absolute atomic E-state index is 0.0180. The molecule has 5 nitrogen and oxygen atoms in total. The smallest absolute Gasteiger partial charge is 0.207 e. The van der Waals surface area contributed by atoms with Gasteiger partial charge in [0.1, 0.15) is 6.21 Å². The summed E-state index contributed by atoms with van der Waals surface area (Å²) < 4.78 is 10.6. The van der Waals surface area contributed by atoms with Gasteiger partial charge in [0.2, 0.25) is 5.78 Å². The molecule has 92 valence electrons. The molecule has 0 unspecified atom stereocenters. The Labute approximate surface area is 99.7 Å². The topological polar surface area (TPSA) is 68.1 Å². The van der Waals surface area contributed by atoms with Gasteiger partial charge in [-0.2, -0.15) is 0 Å². The number of Topliss-reactive ketones (excluding diaryl/α,β-unsaturated/α-hetero) is 1. The fourth-order valence-electron chi connectivity index (χ4n) is 1.30. The number of hydrogen-bond donors (Lipinski definition) is 1. The van der Waals surface area contributed by atoms with Crippen molar-refractivity contribution in [3.05, 3.63) is 23.8 Å². The van der Waals surface area contributed by atoms with Gasteiger partial charge < -0.3 is 14.7 Å². The van der Waals surface area contributed by atoms with E-state index >= 15 is 0 Å². The van der Waals surface area contributed by atoms with Gasteiger partial charge in [-0.15, -0.1) is 0 Å². The Morgan fingerprint density at radius 3 is 2.65 bits per heavy atom. The van der Waals surface area contributed by atoms with Gasteiger partial charge in [-0.25, -0.2) is 0 Å². The molecule has 1 rings (SSSR count). The number of rotatable bonds is 5. The summed E-state index contributed by atoms with van der Waals surface area (Å²) in [6.07, 6.45) is 0.849. The van der Waals surface area contributed by atoms with E-state index in [2.05, 4.69) is 5.16 Å². The first-order valence-corrected chi connectivity index (χ1v) is 5.15. The largest absolute Gasteiger partial charge is 0.493 e. The van der Waals surface area contributed by atoms with Crippen LogP contribution in [0.5, 0.6) is 11.5 Å². The van der Waals surface area contributed by atoms with Crippen molar-refractivity contribution in [2.75, 3.05) is 7.11 Å². The lowest BCUT2D eigenvalue weighted by molar-refractivity contribution is 0.106. The maximum Gasteiger partial charge on any atom is 0.207 e. The van der Waals surface area contributed by atoms with Crippen molar-refractivity contribution in [1.29, 1.82) is 0 Å². The number of nitrogens with zero attached hydrogens (tertiary/aromatic N) is 1. The summed E-state index contributed by atoms with van der Waals surface area (Å²) in [6.45, 7) is 3.80. The van der Waals surface area contributed by atoms with Crippen LogP contribution in [0.4, 0.5) is 0 Å². The third kappa shape index (κ3) is 3.48. The van der Waals surface area contributed by atoms with Crippen molar-refractivity contribution in [2.45, 2.75) is 20.0 Å². The first-order valence-electron chi connectivity index (χ1n) is 5.15. The molecule has 0 aromatic heterocycles. The molecule has 1 aromatic carbocycles. The molecule has 17 heavy (non-hydrogen) atoms. The number of ether oxygens (including phenoxy) is 2. The maximum atomic E-state index is 11.4.